The van der Waals surface area contributed by atoms with Crippen molar-refractivity contribution in [2.24, 2.45) is 0 Å². The van der Waals surface area contributed by atoms with Crippen molar-refractivity contribution in [3.63, 3.8) is 0 Å². The number of nitro benzene ring substituents is 1. The molecule has 86 valence electrons. The number of para-hydroxylation sites is 1. The zero-order valence-electron chi connectivity index (χ0n) is 8.76. The van der Waals surface area contributed by atoms with Crippen LogP contribution in [0.15, 0.2) is 48.5 Å². The lowest BCUT2D eigenvalue weighted by molar-refractivity contribution is -0.385. The summed E-state index contributed by atoms with van der Waals surface area (Å²) >= 11 is 1.96. The molecule has 0 spiro atoms. The topological polar surface area (TPSA) is 55.2 Å². The molecule has 2 aromatic rings. The van der Waals surface area contributed by atoms with Crippen molar-refractivity contribution in [1.82, 2.24) is 0 Å². The van der Waals surface area contributed by atoms with Gasteiger partial charge in [0.05, 0.1) is 8.49 Å². The molecule has 0 amide bonds. The molecule has 2 aromatic carbocycles. The van der Waals surface area contributed by atoms with Gasteiger partial charge in [-0.1, -0.05) is 18.2 Å². The lowest BCUT2D eigenvalue weighted by Crippen LogP contribution is -1.94. The molecule has 0 aromatic heterocycles. The second-order valence-corrected chi connectivity index (χ2v) is 4.58. The van der Waals surface area contributed by atoms with Crippen LogP contribution in [0.25, 0.3) is 0 Å². The lowest BCUT2D eigenvalue weighted by Gasteiger charge is -2.06. The number of anilines is 2. The Morgan fingerprint density at radius 1 is 1.06 bits per heavy atom. The van der Waals surface area contributed by atoms with Crippen LogP contribution in [-0.2, 0) is 0 Å². The molecule has 5 heteroatoms. The first-order valence-corrected chi connectivity index (χ1v) is 6.01. The van der Waals surface area contributed by atoms with Crippen molar-refractivity contribution in [3.05, 3.63) is 62.2 Å². The minimum absolute atomic E-state index is 0.129. The van der Waals surface area contributed by atoms with Gasteiger partial charge in [0.1, 0.15) is 0 Å². The molecule has 1 N–H and O–H groups in total. The van der Waals surface area contributed by atoms with E-state index in [9.17, 15) is 10.1 Å². The molecule has 0 aliphatic heterocycles. The van der Waals surface area contributed by atoms with Gasteiger partial charge in [-0.2, -0.15) is 0 Å². The van der Waals surface area contributed by atoms with E-state index in [-0.39, 0.29) is 10.6 Å². The van der Waals surface area contributed by atoms with Gasteiger partial charge in [0.2, 0.25) is 0 Å². The average molecular weight is 340 g/mol. The first kappa shape index (κ1) is 11.8. The monoisotopic (exact) mass is 340 g/mol. The summed E-state index contributed by atoms with van der Waals surface area (Å²) < 4.78 is 0.619. The molecule has 17 heavy (non-hydrogen) atoms. The molecule has 0 saturated carbocycles. The second kappa shape index (κ2) is 5.13. The van der Waals surface area contributed by atoms with Gasteiger partial charge in [-0.3, -0.25) is 10.1 Å². The van der Waals surface area contributed by atoms with Crippen LogP contribution in [0.3, 0.4) is 0 Å². The van der Waals surface area contributed by atoms with Gasteiger partial charge >= 0.3 is 0 Å². The van der Waals surface area contributed by atoms with E-state index in [1.54, 1.807) is 12.1 Å². The number of rotatable bonds is 3. The highest BCUT2D eigenvalue weighted by atomic mass is 127. The van der Waals surface area contributed by atoms with Gasteiger partial charge in [0.25, 0.3) is 5.69 Å². The van der Waals surface area contributed by atoms with Gasteiger partial charge < -0.3 is 5.32 Å². The van der Waals surface area contributed by atoms with Crippen molar-refractivity contribution in [2.75, 3.05) is 5.32 Å². The third kappa shape index (κ3) is 2.94. The Labute approximate surface area is 112 Å². The van der Waals surface area contributed by atoms with Crippen LogP contribution in [-0.4, -0.2) is 4.92 Å². The summed E-state index contributed by atoms with van der Waals surface area (Å²) in [6.45, 7) is 0. The third-order valence-electron chi connectivity index (χ3n) is 2.21. The minimum Gasteiger partial charge on any atom is -0.355 e. The SMILES string of the molecule is O=[N+]([O-])c1ccc(Nc2ccccc2)cc1I. The highest BCUT2D eigenvalue weighted by molar-refractivity contribution is 14.1. The normalized spacial score (nSPS) is 9.94. The van der Waals surface area contributed by atoms with Crippen LogP contribution in [0.1, 0.15) is 0 Å². The van der Waals surface area contributed by atoms with Gasteiger partial charge in [-0.15, -0.1) is 0 Å². The van der Waals surface area contributed by atoms with Crippen molar-refractivity contribution in [3.8, 4) is 0 Å². The molecule has 2 rings (SSSR count). The van der Waals surface area contributed by atoms with Gasteiger partial charge in [0.15, 0.2) is 0 Å². The summed E-state index contributed by atoms with van der Waals surface area (Å²) in [6.07, 6.45) is 0. The largest absolute Gasteiger partial charge is 0.355 e. The Kier molecular flexibility index (Phi) is 3.58. The maximum Gasteiger partial charge on any atom is 0.282 e. The number of hydrogen-bond acceptors (Lipinski definition) is 3. The molecule has 0 heterocycles. The summed E-state index contributed by atoms with van der Waals surface area (Å²) in [5.74, 6) is 0. The molecule has 0 aliphatic rings. The van der Waals surface area contributed by atoms with E-state index in [0.717, 1.165) is 11.4 Å². The molecule has 0 bridgehead atoms. The fraction of sp³-hybridized carbons (Fsp3) is 0. The summed E-state index contributed by atoms with van der Waals surface area (Å²) in [7, 11) is 0. The quantitative estimate of drug-likeness (QED) is 0.523. The van der Waals surface area contributed by atoms with E-state index in [1.807, 2.05) is 52.9 Å². The standard InChI is InChI=1S/C12H9IN2O2/c13-11-8-10(6-7-12(11)15(16)17)14-9-4-2-1-3-5-9/h1-8,14H. The second-order valence-electron chi connectivity index (χ2n) is 3.41. The van der Waals surface area contributed by atoms with E-state index in [0.29, 0.717) is 3.57 Å². The Morgan fingerprint density at radius 2 is 1.76 bits per heavy atom. The fourth-order valence-electron chi connectivity index (χ4n) is 1.42. The zero-order valence-corrected chi connectivity index (χ0v) is 10.9. The molecule has 0 unspecified atom stereocenters. The molecule has 0 fully saturated rings. The number of nitrogens with zero attached hydrogens (tertiary/aromatic N) is 1. The van der Waals surface area contributed by atoms with Crippen molar-refractivity contribution in [2.45, 2.75) is 0 Å². The average Bonchev–Trinajstić information content (AvgIpc) is 2.30. The molecule has 0 aliphatic carbocycles. The van der Waals surface area contributed by atoms with Crippen molar-refractivity contribution < 1.29 is 4.92 Å². The highest BCUT2D eigenvalue weighted by Crippen LogP contribution is 2.25. The highest BCUT2D eigenvalue weighted by Gasteiger charge is 2.11. The summed E-state index contributed by atoms with van der Waals surface area (Å²) in [6, 6.07) is 14.6. The smallest absolute Gasteiger partial charge is 0.282 e. The molecular weight excluding hydrogens is 331 g/mol. The number of hydrogen-bond donors (Lipinski definition) is 1. The first-order chi connectivity index (χ1) is 8.16. The molecule has 0 atom stereocenters. The van der Waals surface area contributed by atoms with Crippen LogP contribution in [0.2, 0.25) is 0 Å². The summed E-state index contributed by atoms with van der Waals surface area (Å²) in [4.78, 5) is 10.3. The van der Waals surface area contributed by atoms with Crippen LogP contribution >= 0.6 is 22.6 Å². The van der Waals surface area contributed by atoms with Crippen LogP contribution in [0, 0.1) is 13.7 Å². The Balaban J connectivity index is 2.24. The number of nitro groups is 1. The van der Waals surface area contributed by atoms with E-state index in [4.69, 9.17) is 0 Å². The first-order valence-electron chi connectivity index (χ1n) is 4.93. The van der Waals surface area contributed by atoms with Crippen LogP contribution in [0.4, 0.5) is 17.1 Å². The molecular formula is C12H9IN2O2. The third-order valence-corrected chi connectivity index (χ3v) is 3.07. The lowest BCUT2D eigenvalue weighted by atomic mass is 10.2. The number of nitrogens with one attached hydrogen (secondary N) is 1. The number of benzene rings is 2. The maximum atomic E-state index is 10.7. The van der Waals surface area contributed by atoms with Gasteiger partial charge in [-0.25, -0.2) is 0 Å². The maximum absolute atomic E-state index is 10.7. The Hall–Kier alpha value is -1.63. The van der Waals surface area contributed by atoms with Gasteiger partial charge in [-0.05, 0) is 46.9 Å². The molecule has 0 saturated heterocycles. The Morgan fingerprint density at radius 3 is 2.35 bits per heavy atom. The van der Waals surface area contributed by atoms with E-state index >= 15 is 0 Å². The minimum atomic E-state index is -0.381. The van der Waals surface area contributed by atoms with E-state index < -0.39 is 0 Å². The van der Waals surface area contributed by atoms with Gasteiger partial charge in [0, 0.05) is 17.4 Å². The summed E-state index contributed by atoms with van der Waals surface area (Å²) in [5, 5.41) is 13.9. The Bertz CT molecular complexity index is 543. The predicted molar refractivity (Wildman–Crippen MR) is 75.5 cm³/mol. The molecule has 4 nitrogen and oxygen atoms in total. The van der Waals surface area contributed by atoms with E-state index in [1.165, 1.54) is 6.07 Å². The van der Waals surface area contributed by atoms with Crippen LogP contribution in [0.5, 0.6) is 0 Å². The van der Waals surface area contributed by atoms with Crippen molar-refractivity contribution >= 4 is 39.7 Å². The predicted octanol–water partition coefficient (Wildman–Crippen LogP) is 3.94. The van der Waals surface area contributed by atoms with E-state index in [2.05, 4.69) is 5.32 Å². The number of halogens is 1. The fourth-order valence-corrected chi connectivity index (χ4v) is 2.13. The zero-order chi connectivity index (χ0) is 12.3. The van der Waals surface area contributed by atoms with Crippen molar-refractivity contribution in [1.29, 1.82) is 0 Å². The van der Waals surface area contributed by atoms with Crippen LogP contribution < -0.4 is 5.32 Å². The summed E-state index contributed by atoms with van der Waals surface area (Å²) in [5.41, 5.74) is 1.92. The molecule has 0 radical (unpaired) electrons.